The van der Waals surface area contributed by atoms with E-state index in [1.165, 1.54) is 17.0 Å². The molecule has 0 bridgehead atoms. The number of amides is 1. The molecule has 2 heterocycles. The Bertz CT molecular complexity index is 1020. The predicted molar refractivity (Wildman–Crippen MR) is 116 cm³/mol. The summed E-state index contributed by atoms with van der Waals surface area (Å²) >= 11 is 0. The van der Waals surface area contributed by atoms with Gasteiger partial charge in [0.2, 0.25) is 0 Å². The zero-order valence-corrected chi connectivity index (χ0v) is 17.9. The number of quaternary nitrogens is 1. The SMILES string of the molecule is Cc1cc(C)n(-c2ccc(C(=O)NC[C@H](c3ccc(F)cc3)[NH+]3CCOCC3)cc2)n1. The number of hydrogen-bond acceptors (Lipinski definition) is 3. The lowest BCUT2D eigenvalue weighted by Gasteiger charge is -2.32. The molecule has 2 N–H and O–H groups in total. The van der Waals surface area contributed by atoms with Gasteiger partial charge in [0.1, 0.15) is 24.9 Å². The molecule has 4 rings (SSSR count). The van der Waals surface area contributed by atoms with E-state index in [2.05, 4.69) is 10.4 Å². The third-order valence-electron chi connectivity index (χ3n) is 5.75. The molecule has 1 aliphatic rings. The molecule has 0 radical (unpaired) electrons. The lowest BCUT2D eigenvalue weighted by molar-refractivity contribution is -0.937. The van der Waals surface area contributed by atoms with E-state index in [4.69, 9.17) is 4.74 Å². The smallest absolute Gasteiger partial charge is 0.251 e. The van der Waals surface area contributed by atoms with Crippen molar-refractivity contribution in [3.63, 3.8) is 0 Å². The Morgan fingerprint density at radius 1 is 1.13 bits per heavy atom. The molecule has 162 valence electrons. The van der Waals surface area contributed by atoms with Crippen LogP contribution in [0.1, 0.15) is 33.4 Å². The van der Waals surface area contributed by atoms with Gasteiger partial charge < -0.3 is 15.0 Å². The Kier molecular flexibility index (Phi) is 6.44. The van der Waals surface area contributed by atoms with Crippen LogP contribution in [0, 0.1) is 19.7 Å². The summed E-state index contributed by atoms with van der Waals surface area (Å²) in [5, 5.41) is 7.55. The second-order valence-electron chi connectivity index (χ2n) is 7.97. The van der Waals surface area contributed by atoms with Crippen LogP contribution in [0.2, 0.25) is 0 Å². The molecule has 3 aromatic rings. The second kappa shape index (κ2) is 9.41. The van der Waals surface area contributed by atoms with Crippen LogP contribution in [-0.4, -0.2) is 48.5 Å². The van der Waals surface area contributed by atoms with Gasteiger partial charge in [-0.25, -0.2) is 9.07 Å². The molecule has 1 aromatic heterocycles. The van der Waals surface area contributed by atoms with E-state index in [9.17, 15) is 9.18 Å². The molecule has 0 saturated carbocycles. The highest BCUT2D eigenvalue weighted by Gasteiger charge is 2.27. The Balaban J connectivity index is 1.45. The summed E-state index contributed by atoms with van der Waals surface area (Å²) in [4.78, 5) is 14.1. The summed E-state index contributed by atoms with van der Waals surface area (Å²) in [6.07, 6.45) is 0. The Morgan fingerprint density at radius 3 is 2.42 bits per heavy atom. The Labute approximate surface area is 181 Å². The lowest BCUT2D eigenvalue weighted by Crippen LogP contribution is -3.15. The van der Waals surface area contributed by atoms with Crippen LogP contribution in [0.25, 0.3) is 5.69 Å². The quantitative estimate of drug-likeness (QED) is 0.638. The summed E-state index contributed by atoms with van der Waals surface area (Å²) in [5.41, 5.74) is 4.53. The van der Waals surface area contributed by atoms with Crippen molar-refractivity contribution >= 4 is 5.91 Å². The van der Waals surface area contributed by atoms with Crippen molar-refractivity contribution in [3.05, 3.63) is 82.9 Å². The van der Waals surface area contributed by atoms with E-state index in [0.29, 0.717) is 25.3 Å². The molecular weight excluding hydrogens is 395 g/mol. The summed E-state index contributed by atoms with van der Waals surface area (Å²) < 4.78 is 20.8. The minimum Gasteiger partial charge on any atom is -0.370 e. The van der Waals surface area contributed by atoms with Crippen molar-refractivity contribution in [2.75, 3.05) is 32.8 Å². The van der Waals surface area contributed by atoms with Crippen molar-refractivity contribution in [1.82, 2.24) is 15.1 Å². The van der Waals surface area contributed by atoms with E-state index in [1.54, 1.807) is 12.1 Å². The van der Waals surface area contributed by atoms with Crippen molar-refractivity contribution < 1.29 is 18.8 Å². The maximum Gasteiger partial charge on any atom is 0.251 e. The second-order valence-corrected chi connectivity index (χ2v) is 7.97. The van der Waals surface area contributed by atoms with Crippen LogP contribution >= 0.6 is 0 Å². The zero-order chi connectivity index (χ0) is 21.8. The van der Waals surface area contributed by atoms with Crippen LogP contribution in [0.5, 0.6) is 0 Å². The number of aryl methyl sites for hydroxylation is 2. The van der Waals surface area contributed by atoms with Gasteiger partial charge in [-0.2, -0.15) is 5.10 Å². The van der Waals surface area contributed by atoms with Gasteiger partial charge in [0.05, 0.1) is 31.1 Å². The molecule has 1 amide bonds. The molecular formula is C24H28FN4O2+. The topological polar surface area (TPSA) is 60.6 Å². The van der Waals surface area contributed by atoms with Crippen LogP contribution in [0.4, 0.5) is 4.39 Å². The molecule has 6 nitrogen and oxygen atoms in total. The lowest BCUT2D eigenvalue weighted by atomic mass is 10.0. The monoisotopic (exact) mass is 423 g/mol. The summed E-state index contributed by atoms with van der Waals surface area (Å²) in [5.74, 6) is -0.383. The normalized spacial score (nSPS) is 15.6. The standard InChI is InChI=1S/C24H27FN4O2/c1-17-15-18(2)29(27-17)22-9-5-20(6-10-22)24(30)26-16-23(28-11-13-31-14-12-28)19-3-7-21(25)8-4-19/h3-10,15,23H,11-14,16H2,1-2H3,(H,26,30)/p+1/t23-/m1/s1. The van der Waals surface area contributed by atoms with Gasteiger partial charge in [-0.15, -0.1) is 0 Å². The number of nitrogens with zero attached hydrogens (tertiary/aromatic N) is 2. The number of halogens is 1. The fraction of sp³-hybridized carbons (Fsp3) is 0.333. The van der Waals surface area contributed by atoms with Crippen molar-refractivity contribution in [3.8, 4) is 5.69 Å². The van der Waals surface area contributed by atoms with Crippen molar-refractivity contribution in [2.24, 2.45) is 0 Å². The number of carbonyl (C=O) groups excluding carboxylic acids is 1. The molecule has 1 fully saturated rings. The average Bonchev–Trinajstić information content (AvgIpc) is 3.13. The maximum atomic E-state index is 13.4. The van der Waals surface area contributed by atoms with Gasteiger partial charge in [-0.1, -0.05) is 12.1 Å². The van der Waals surface area contributed by atoms with Crippen molar-refractivity contribution in [1.29, 1.82) is 0 Å². The number of rotatable bonds is 6. The van der Waals surface area contributed by atoms with Crippen LogP contribution in [-0.2, 0) is 4.74 Å². The fourth-order valence-electron chi connectivity index (χ4n) is 4.12. The third-order valence-corrected chi connectivity index (χ3v) is 5.75. The summed E-state index contributed by atoms with van der Waals surface area (Å²) in [6, 6.07) is 16.1. The van der Waals surface area contributed by atoms with E-state index in [1.807, 2.05) is 48.9 Å². The van der Waals surface area contributed by atoms with Crippen LogP contribution in [0.15, 0.2) is 54.6 Å². The largest absolute Gasteiger partial charge is 0.370 e. The number of morpholine rings is 1. The zero-order valence-electron chi connectivity index (χ0n) is 17.9. The minimum absolute atomic E-state index is 0.0439. The van der Waals surface area contributed by atoms with Gasteiger partial charge in [0.25, 0.3) is 5.91 Å². The first-order chi connectivity index (χ1) is 15.0. The molecule has 7 heteroatoms. The Morgan fingerprint density at radius 2 is 1.81 bits per heavy atom. The first-order valence-electron chi connectivity index (χ1n) is 10.6. The molecule has 0 aliphatic carbocycles. The summed E-state index contributed by atoms with van der Waals surface area (Å²) in [6.45, 7) is 7.52. The van der Waals surface area contributed by atoms with Crippen LogP contribution < -0.4 is 10.2 Å². The highest BCUT2D eigenvalue weighted by Crippen LogP contribution is 2.14. The third kappa shape index (κ3) is 5.00. The molecule has 31 heavy (non-hydrogen) atoms. The van der Waals surface area contributed by atoms with Gasteiger partial charge in [0.15, 0.2) is 0 Å². The fourth-order valence-corrected chi connectivity index (χ4v) is 4.12. The number of carbonyl (C=O) groups is 1. The van der Waals surface area contributed by atoms with Gasteiger partial charge in [-0.3, -0.25) is 4.79 Å². The van der Waals surface area contributed by atoms with E-state index in [-0.39, 0.29) is 17.8 Å². The molecule has 1 saturated heterocycles. The average molecular weight is 424 g/mol. The van der Waals surface area contributed by atoms with Crippen molar-refractivity contribution in [2.45, 2.75) is 19.9 Å². The first-order valence-corrected chi connectivity index (χ1v) is 10.6. The minimum atomic E-state index is -0.258. The molecule has 1 aliphatic heterocycles. The van der Waals surface area contributed by atoms with E-state index in [0.717, 1.165) is 35.7 Å². The Hall–Kier alpha value is -3.03. The molecule has 1 atom stereocenters. The molecule has 2 aromatic carbocycles. The molecule has 0 unspecified atom stereocenters. The highest BCUT2D eigenvalue weighted by atomic mass is 19.1. The maximum absolute atomic E-state index is 13.4. The first kappa shape index (κ1) is 21.2. The summed E-state index contributed by atoms with van der Waals surface area (Å²) in [7, 11) is 0. The predicted octanol–water partition coefficient (Wildman–Crippen LogP) is 2.01. The van der Waals surface area contributed by atoms with Crippen LogP contribution in [0.3, 0.4) is 0 Å². The van der Waals surface area contributed by atoms with E-state index < -0.39 is 0 Å². The number of benzene rings is 2. The van der Waals surface area contributed by atoms with Gasteiger partial charge in [0, 0.05) is 16.8 Å². The number of hydrogen-bond donors (Lipinski definition) is 2. The van der Waals surface area contributed by atoms with Gasteiger partial charge in [-0.05, 0) is 56.3 Å². The molecule has 0 spiro atoms. The number of nitrogens with one attached hydrogen (secondary N) is 2. The number of ether oxygens (including phenoxy) is 1. The highest BCUT2D eigenvalue weighted by molar-refractivity contribution is 5.94. The van der Waals surface area contributed by atoms with E-state index >= 15 is 0 Å². The number of aromatic nitrogens is 2. The van der Waals surface area contributed by atoms with Gasteiger partial charge >= 0.3 is 0 Å².